The maximum atomic E-state index is 12.0. The number of carbonyl (C=O) groups is 1. The van der Waals surface area contributed by atoms with Gasteiger partial charge in [-0.2, -0.15) is 0 Å². The first kappa shape index (κ1) is 15.0. The van der Waals surface area contributed by atoms with Gasteiger partial charge in [0.05, 0.1) is 0 Å². The molecule has 4 nitrogen and oxygen atoms in total. The molecular weight excluding hydrogens is 252 g/mol. The van der Waals surface area contributed by atoms with Crippen LogP contribution in [0.25, 0.3) is 0 Å². The van der Waals surface area contributed by atoms with Gasteiger partial charge in [-0.15, -0.1) is 0 Å². The van der Waals surface area contributed by atoms with Gasteiger partial charge in [0, 0.05) is 12.4 Å². The first-order valence-electron chi connectivity index (χ1n) is 7.60. The van der Waals surface area contributed by atoms with Gasteiger partial charge in [0.15, 0.2) is 0 Å². The topological polar surface area (TPSA) is 65.2 Å². The second-order valence-electron chi connectivity index (χ2n) is 5.58. The van der Waals surface area contributed by atoms with Crippen LogP contribution >= 0.6 is 0 Å². The second kappa shape index (κ2) is 8.00. The van der Waals surface area contributed by atoms with Crippen LogP contribution in [0.5, 0.6) is 0 Å². The fraction of sp³-hybridized carbons (Fsp3) is 0.625. The van der Waals surface area contributed by atoms with E-state index < -0.39 is 6.04 Å². The molecule has 0 aromatic carbocycles. The van der Waals surface area contributed by atoms with Crippen LogP contribution in [0, 0.1) is 0 Å². The number of nitrogens with zero attached hydrogens (tertiary/aromatic N) is 1. The predicted octanol–water partition coefficient (Wildman–Crippen LogP) is 2.61. The summed E-state index contributed by atoms with van der Waals surface area (Å²) < 4.78 is 5.58. The van der Waals surface area contributed by atoms with Gasteiger partial charge in [0.1, 0.15) is 12.1 Å². The van der Waals surface area contributed by atoms with E-state index in [0.717, 1.165) is 31.2 Å². The van der Waals surface area contributed by atoms with E-state index in [4.69, 9.17) is 10.5 Å². The van der Waals surface area contributed by atoms with Crippen LogP contribution in [0.15, 0.2) is 24.5 Å². The van der Waals surface area contributed by atoms with Crippen molar-refractivity contribution < 1.29 is 9.53 Å². The largest absolute Gasteiger partial charge is 0.461 e. The molecule has 2 N–H and O–H groups in total. The fourth-order valence-corrected chi connectivity index (χ4v) is 2.64. The van der Waals surface area contributed by atoms with E-state index in [1.165, 1.54) is 19.3 Å². The summed E-state index contributed by atoms with van der Waals surface area (Å²) >= 11 is 0. The third kappa shape index (κ3) is 4.93. The molecule has 0 spiro atoms. The fourth-order valence-electron chi connectivity index (χ4n) is 2.64. The van der Waals surface area contributed by atoms with Crippen LogP contribution in [0.4, 0.5) is 0 Å². The molecule has 2 rings (SSSR count). The maximum Gasteiger partial charge on any atom is 0.323 e. The molecule has 1 saturated carbocycles. The van der Waals surface area contributed by atoms with E-state index in [-0.39, 0.29) is 12.1 Å². The standard InChI is InChI=1S/C16H24N2O2/c17-15(11-13-7-6-10-18-12-13)16(19)20-14-8-4-2-1-3-5-9-14/h6-7,10,12,14-15H,1-5,8-9,11,17H2/t15-/m1/s1. The molecule has 20 heavy (non-hydrogen) atoms. The van der Waals surface area contributed by atoms with Gasteiger partial charge in [0.2, 0.25) is 0 Å². The van der Waals surface area contributed by atoms with Gasteiger partial charge in [-0.25, -0.2) is 0 Å². The van der Waals surface area contributed by atoms with E-state index in [0.29, 0.717) is 6.42 Å². The maximum absolute atomic E-state index is 12.0. The number of rotatable bonds is 4. The molecule has 1 heterocycles. The van der Waals surface area contributed by atoms with Crippen molar-refractivity contribution in [1.82, 2.24) is 4.98 Å². The number of aromatic nitrogens is 1. The summed E-state index contributed by atoms with van der Waals surface area (Å²) in [5.74, 6) is -0.278. The molecule has 0 amide bonds. The number of hydrogen-bond acceptors (Lipinski definition) is 4. The highest BCUT2D eigenvalue weighted by molar-refractivity contribution is 5.76. The van der Waals surface area contributed by atoms with E-state index in [9.17, 15) is 4.79 Å². The molecule has 0 saturated heterocycles. The average molecular weight is 276 g/mol. The Hall–Kier alpha value is -1.42. The number of ether oxygens (including phenoxy) is 1. The highest BCUT2D eigenvalue weighted by Crippen LogP contribution is 2.20. The van der Waals surface area contributed by atoms with Crippen molar-refractivity contribution in [2.24, 2.45) is 5.73 Å². The van der Waals surface area contributed by atoms with Crippen molar-refractivity contribution in [3.05, 3.63) is 30.1 Å². The zero-order valence-corrected chi connectivity index (χ0v) is 12.0. The zero-order valence-electron chi connectivity index (χ0n) is 12.0. The number of carbonyl (C=O) groups excluding carboxylic acids is 1. The minimum absolute atomic E-state index is 0.0581. The number of nitrogens with two attached hydrogens (primary N) is 1. The minimum atomic E-state index is -0.593. The predicted molar refractivity (Wildman–Crippen MR) is 78.1 cm³/mol. The first-order valence-corrected chi connectivity index (χ1v) is 7.60. The van der Waals surface area contributed by atoms with Crippen LogP contribution < -0.4 is 5.73 Å². The van der Waals surface area contributed by atoms with Crippen LogP contribution in [-0.4, -0.2) is 23.1 Å². The lowest BCUT2D eigenvalue weighted by molar-refractivity contribution is -0.151. The van der Waals surface area contributed by atoms with Gasteiger partial charge in [-0.05, 0) is 43.7 Å². The lowest BCUT2D eigenvalue weighted by atomic mass is 9.98. The van der Waals surface area contributed by atoms with Gasteiger partial charge in [-0.3, -0.25) is 9.78 Å². The van der Waals surface area contributed by atoms with Crippen LogP contribution in [0.3, 0.4) is 0 Å². The summed E-state index contributed by atoms with van der Waals surface area (Å²) in [6.45, 7) is 0. The third-order valence-corrected chi connectivity index (χ3v) is 3.82. The van der Waals surface area contributed by atoms with Gasteiger partial charge < -0.3 is 10.5 Å². The molecule has 1 aliphatic carbocycles. The van der Waals surface area contributed by atoms with Crippen molar-refractivity contribution in [2.75, 3.05) is 0 Å². The Morgan fingerprint density at radius 1 is 1.30 bits per heavy atom. The summed E-state index contributed by atoms with van der Waals surface area (Å²) in [4.78, 5) is 16.1. The Balaban J connectivity index is 1.80. The lowest BCUT2D eigenvalue weighted by Gasteiger charge is -2.22. The normalized spacial score (nSPS) is 18.9. The molecule has 0 aliphatic heterocycles. The molecule has 1 fully saturated rings. The minimum Gasteiger partial charge on any atom is -0.461 e. The van der Waals surface area contributed by atoms with E-state index in [1.807, 2.05) is 12.1 Å². The Morgan fingerprint density at radius 3 is 2.65 bits per heavy atom. The summed E-state index contributed by atoms with van der Waals surface area (Å²) in [6, 6.07) is 3.18. The van der Waals surface area contributed by atoms with Gasteiger partial charge >= 0.3 is 5.97 Å². The average Bonchev–Trinajstić information content (AvgIpc) is 2.42. The zero-order chi connectivity index (χ0) is 14.2. The Morgan fingerprint density at radius 2 is 2.00 bits per heavy atom. The van der Waals surface area contributed by atoms with Gasteiger partial charge in [0.25, 0.3) is 0 Å². The Bertz CT molecular complexity index is 400. The summed E-state index contributed by atoms with van der Waals surface area (Å²) in [5.41, 5.74) is 6.90. The van der Waals surface area contributed by atoms with Crippen LogP contribution in [0.1, 0.15) is 50.5 Å². The molecule has 1 aliphatic rings. The molecule has 110 valence electrons. The lowest BCUT2D eigenvalue weighted by Crippen LogP contribution is -2.37. The Labute approximate surface area is 120 Å². The summed E-state index contributed by atoms with van der Waals surface area (Å²) in [5, 5.41) is 0. The van der Waals surface area contributed by atoms with Gasteiger partial charge in [-0.1, -0.05) is 25.3 Å². The molecule has 4 heteroatoms. The smallest absolute Gasteiger partial charge is 0.323 e. The highest BCUT2D eigenvalue weighted by atomic mass is 16.5. The molecular formula is C16H24N2O2. The summed E-state index contributed by atoms with van der Waals surface area (Å²) in [6.07, 6.45) is 12.0. The SMILES string of the molecule is N[C@H](Cc1cccnc1)C(=O)OC1CCCCCCC1. The second-order valence-corrected chi connectivity index (χ2v) is 5.58. The summed E-state index contributed by atoms with van der Waals surface area (Å²) in [7, 11) is 0. The quantitative estimate of drug-likeness (QED) is 0.858. The first-order chi connectivity index (χ1) is 9.75. The van der Waals surface area contributed by atoms with Crippen molar-refractivity contribution in [3.63, 3.8) is 0 Å². The van der Waals surface area contributed by atoms with Crippen molar-refractivity contribution in [2.45, 2.75) is 63.5 Å². The Kier molecular flexibility index (Phi) is 5.99. The van der Waals surface area contributed by atoms with Crippen LogP contribution in [-0.2, 0) is 16.0 Å². The number of esters is 1. The van der Waals surface area contributed by atoms with E-state index in [1.54, 1.807) is 12.4 Å². The van der Waals surface area contributed by atoms with Crippen molar-refractivity contribution in [1.29, 1.82) is 0 Å². The molecule has 0 radical (unpaired) electrons. The molecule has 0 unspecified atom stereocenters. The molecule has 1 aromatic heterocycles. The van der Waals surface area contributed by atoms with E-state index in [2.05, 4.69) is 4.98 Å². The number of pyridine rings is 1. The van der Waals surface area contributed by atoms with Crippen LogP contribution in [0.2, 0.25) is 0 Å². The van der Waals surface area contributed by atoms with E-state index >= 15 is 0 Å². The monoisotopic (exact) mass is 276 g/mol. The highest BCUT2D eigenvalue weighted by Gasteiger charge is 2.21. The third-order valence-electron chi connectivity index (χ3n) is 3.82. The molecule has 1 aromatic rings. The number of hydrogen-bond donors (Lipinski definition) is 1. The molecule has 1 atom stereocenters. The molecule has 0 bridgehead atoms. The van der Waals surface area contributed by atoms with Crippen molar-refractivity contribution >= 4 is 5.97 Å². The van der Waals surface area contributed by atoms with Crippen molar-refractivity contribution in [3.8, 4) is 0 Å².